The summed E-state index contributed by atoms with van der Waals surface area (Å²) >= 11 is 5.84. The molecule has 0 radical (unpaired) electrons. The molecule has 0 amide bonds. The number of thiocarbonyl (C=S) groups is 1. The Kier molecular flexibility index (Phi) is 5.61. The van der Waals surface area contributed by atoms with Crippen molar-refractivity contribution < 1.29 is 9.47 Å². The molecule has 2 fully saturated rings. The van der Waals surface area contributed by atoms with Crippen molar-refractivity contribution in [2.45, 2.75) is 37.6 Å². The first-order valence-corrected chi connectivity index (χ1v) is 11.1. The Bertz CT molecular complexity index is 1050. The number of rotatable bonds is 6. The number of ether oxygens (including phenoxy) is 2. The number of methoxy groups -OCH3 is 1. The van der Waals surface area contributed by atoms with Crippen LogP contribution in [0.2, 0.25) is 0 Å². The highest BCUT2D eigenvalue weighted by Gasteiger charge is 2.43. The molecule has 4 heterocycles. The van der Waals surface area contributed by atoms with Crippen molar-refractivity contribution in [1.82, 2.24) is 14.9 Å². The summed E-state index contributed by atoms with van der Waals surface area (Å²) in [7, 11) is 1.69. The number of nitrogens with one attached hydrogen (secondary N) is 1. The third kappa shape index (κ3) is 3.79. The molecule has 3 aromatic rings. The molecule has 160 valence electrons. The molecule has 0 aliphatic carbocycles. The molecule has 5 rings (SSSR count). The maximum absolute atomic E-state index is 5.92. The second-order valence-corrected chi connectivity index (χ2v) is 8.28. The summed E-state index contributed by atoms with van der Waals surface area (Å²) in [5.41, 5.74) is 3.07. The lowest BCUT2D eigenvalue weighted by atomic mass is 10.0. The highest BCUT2D eigenvalue weighted by atomic mass is 32.1. The normalized spacial score (nSPS) is 23.2. The number of anilines is 1. The zero-order valence-electron chi connectivity index (χ0n) is 17.5. The van der Waals surface area contributed by atoms with E-state index in [2.05, 4.69) is 38.1 Å². The number of nitrogens with zero attached hydrogens (tertiary/aromatic N) is 3. The van der Waals surface area contributed by atoms with Crippen LogP contribution in [0.5, 0.6) is 5.75 Å². The van der Waals surface area contributed by atoms with Gasteiger partial charge in [-0.1, -0.05) is 18.2 Å². The smallest absolute Gasteiger partial charge is 0.174 e. The summed E-state index contributed by atoms with van der Waals surface area (Å²) in [5, 5.41) is 4.19. The molecule has 0 saturated carbocycles. The minimum absolute atomic E-state index is 0.0740. The van der Waals surface area contributed by atoms with Crippen LogP contribution in [-0.2, 0) is 11.3 Å². The molecule has 6 nitrogen and oxygen atoms in total. The second kappa shape index (κ2) is 8.69. The van der Waals surface area contributed by atoms with Crippen molar-refractivity contribution in [3.8, 4) is 5.75 Å². The molecule has 2 aliphatic rings. The van der Waals surface area contributed by atoms with Gasteiger partial charge in [0.2, 0.25) is 0 Å². The highest BCUT2D eigenvalue weighted by Crippen LogP contribution is 2.44. The molecule has 1 N–H and O–H groups in total. The average molecular weight is 435 g/mol. The molecule has 31 heavy (non-hydrogen) atoms. The Morgan fingerprint density at radius 2 is 2.03 bits per heavy atom. The number of hydrogen-bond acceptors (Lipinski definition) is 4. The second-order valence-electron chi connectivity index (χ2n) is 7.89. The predicted molar refractivity (Wildman–Crippen MR) is 124 cm³/mol. The van der Waals surface area contributed by atoms with E-state index in [1.165, 1.54) is 5.69 Å². The quantitative estimate of drug-likeness (QED) is 0.586. The lowest BCUT2D eigenvalue weighted by Crippen LogP contribution is -2.31. The van der Waals surface area contributed by atoms with Gasteiger partial charge in [-0.05, 0) is 61.5 Å². The van der Waals surface area contributed by atoms with Gasteiger partial charge in [0, 0.05) is 31.2 Å². The molecule has 3 atom stereocenters. The molecule has 0 spiro atoms. The fourth-order valence-corrected chi connectivity index (χ4v) is 4.95. The van der Waals surface area contributed by atoms with Gasteiger partial charge in [-0.3, -0.25) is 4.98 Å². The fraction of sp³-hybridized carbons (Fsp3) is 0.333. The van der Waals surface area contributed by atoms with E-state index in [0.717, 1.165) is 43.1 Å². The topological polar surface area (TPSA) is 51.5 Å². The van der Waals surface area contributed by atoms with Gasteiger partial charge in [0.25, 0.3) is 0 Å². The van der Waals surface area contributed by atoms with E-state index in [4.69, 9.17) is 21.7 Å². The number of pyridine rings is 1. The highest BCUT2D eigenvalue weighted by molar-refractivity contribution is 7.80. The van der Waals surface area contributed by atoms with Crippen LogP contribution < -0.4 is 15.0 Å². The van der Waals surface area contributed by atoms with Gasteiger partial charge in [-0.2, -0.15) is 0 Å². The van der Waals surface area contributed by atoms with Crippen molar-refractivity contribution in [2.24, 2.45) is 0 Å². The van der Waals surface area contributed by atoms with Crippen molar-refractivity contribution in [3.05, 3.63) is 78.4 Å². The van der Waals surface area contributed by atoms with Crippen molar-refractivity contribution in [1.29, 1.82) is 0 Å². The van der Waals surface area contributed by atoms with Crippen molar-refractivity contribution >= 4 is 23.0 Å². The van der Waals surface area contributed by atoms with Crippen molar-refractivity contribution in [3.63, 3.8) is 0 Å². The summed E-state index contributed by atoms with van der Waals surface area (Å²) in [4.78, 5) is 6.81. The number of benzene rings is 1. The van der Waals surface area contributed by atoms with E-state index in [9.17, 15) is 0 Å². The van der Waals surface area contributed by atoms with E-state index >= 15 is 0 Å². The van der Waals surface area contributed by atoms with E-state index in [1.807, 2.05) is 48.7 Å². The van der Waals surface area contributed by atoms with Gasteiger partial charge in [-0.25, -0.2) is 0 Å². The molecule has 0 unspecified atom stereocenters. The lowest BCUT2D eigenvalue weighted by molar-refractivity contribution is 0.0961. The lowest BCUT2D eigenvalue weighted by Gasteiger charge is -2.30. The molecule has 1 aromatic carbocycles. The van der Waals surface area contributed by atoms with E-state index < -0.39 is 0 Å². The first-order chi connectivity index (χ1) is 15.3. The molecule has 7 heteroatoms. The van der Waals surface area contributed by atoms with E-state index in [1.54, 1.807) is 7.11 Å². The van der Waals surface area contributed by atoms with Gasteiger partial charge in [-0.15, -0.1) is 0 Å². The number of para-hydroxylation sites is 2. The van der Waals surface area contributed by atoms with Crippen LogP contribution in [0, 0.1) is 0 Å². The Morgan fingerprint density at radius 3 is 2.81 bits per heavy atom. The summed E-state index contributed by atoms with van der Waals surface area (Å²) in [6.07, 6.45) is 6.43. The van der Waals surface area contributed by atoms with Gasteiger partial charge in [0.15, 0.2) is 5.11 Å². The van der Waals surface area contributed by atoms with Crippen LogP contribution in [0.1, 0.15) is 36.3 Å². The molecule has 2 saturated heterocycles. The van der Waals surface area contributed by atoms with Crippen LogP contribution in [0.4, 0.5) is 5.69 Å². The zero-order chi connectivity index (χ0) is 21.2. The standard InChI is InChI=1S/C24H26N4O2S/c1-29-21-12-3-2-10-19(21)28-23(22(26-24(28)31)18-9-4-5-13-25-18)20-11-6-14-27(20)16-17-8-7-15-30-17/h2-6,9-14,17,22-23H,7-8,15-16H2,1H3,(H,26,31)/t17-,22-,23-/m1/s1. The van der Waals surface area contributed by atoms with Gasteiger partial charge >= 0.3 is 0 Å². The molecule has 0 bridgehead atoms. The Labute approximate surface area is 187 Å². The first-order valence-electron chi connectivity index (χ1n) is 10.7. The summed E-state index contributed by atoms with van der Waals surface area (Å²) < 4.78 is 13.9. The fourth-order valence-electron chi connectivity index (χ4n) is 4.61. The SMILES string of the molecule is COc1ccccc1N1C(=S)N[C@H](c2ccccn2)[C@H]1c1cccn1C[C@H]1CCCO1. The maximum Gasteiger partial charge on any atom is 0.174 e. The summed E-state index contributed by atoms with van der Waals surface area (Å²) in [6.45, 7) is 1.68. The van der Waals surface area contributed by atoms with Crippen LogP contribution in [0.15, 0.2) is 67.0 Å². The third-order valence-corrected chi connectivity index (χ3v) is 6.35. The molecular weight excluding hydrogens is 408 g/mol. The Hall–Kier alpha value is -2.90. The first kappa shape index (κ1) is 20.0. The molecular formula is C24H26N4O2S. The van der Waals surface area contributed by atoms with Crippen LogP contribution >= 0.6 is 12.2 Å². The average Bonchev–Trinajstić information content (AvgIpc) is 3.55. The van der Waals surface area contributed by atoms with Crippen LogP contribution in [0.3, 0.4) is 0 Å². The monoisotopic (exact) mass is 434 g/mol. The van der Waals surface area contributed by atoms with Crippen LogP contribution in [-0.4, -0.2) is 34.5 Å². The molecule has 2 aromatic heterocycles. The van der Waals surface area contributed by atoms with Gasteiger partial charge < -0.3 is 24.3 Å². The van der Waals surface area contributed by atoms with E-state index in [-0.39, 0.29) is 18.2 Å². The largest absolute Gasteiger partial charge is 0.495 e. The zero-order valence-corrected chi connectivity index (χ0v) is 18.3. The Balaban J connectivity index is 1.60. The number of hydrogen-bond donors (Lipinski definition) is 1. The maximum atomic E-state index is 5.92. The summed E-state index contributed by atoms with van der Waals surface area (Å²) in [6, 6.07) is 18.1. The molecule has 2 aliphatic heterocycles. The van der Waals surface area contributed by atoms with E-state index in [0.29, 0.717) is 5.11 Å². The number of aromatic nitrogens is 2. The summed E-state index contributed by atoms with van der Waals surface area (Å²) in [5.74, 6) is 0.788. The van der Waals surface area contributed by atoms with Crippen LogP contribution in [0.25, 0.3) is 0 Å². The predicted octanol–water partition coefficient (Wildman–Crippen LogP) is 4.25. The van der Waals surface area contributed by atoms with Gasteiger partial charge in [0.1, 0.15) is 11.8 Å². The minimum atomic E-state index is -0.0863. The Morgan fingerprint density at radius 1 is 1.16 bits per heavy atom. The van der Waals surface area contributed by atoms with Gasteiger partial charge in [0.05, 0.1) is 30.6 Å². The minimum Gasteiger partial charge on any atom is -0.495 e. The van der Waals surface area contributed by atoms with Crippen molar-refractivity contribution in [2.75, 3.05) is 18.6 Å². The third-order valence-electron chi connectivity index (χ3n) is 6.03.